The minimum absolute atomic E-state index is 0.0324. The third-order valence-corrected chi connectivity index (χ3v) is 8.07. The summed E-state index contributed by atoms with van der Waals surface area (Å²) in [6.07, 6.45) is 5.58. The van der Waals surface area contributed by atoms with Gasteiger partial charge in [-0.1, -0.05) is 30.3 Å². The van der Waals surface area contributed by atoms with Gasteiger partial charge < -0.3 is 10.6 Å². The van der Waals surface area contributed by atoms with E-state index in [1.165, 1.54) is 17.7 Å². The van der Waals surface area contributed by atoms with Crippen molar-refractivity contribution in [3.8, 4) is 11.1 Å². The third-order valence-electron chi connectivity index (χ3n) is 8.07. The van der Waals surface area contributed by atoms with E-state index in [1.807, 2.05) is 36.0 Å². The van der Waals surface area contributed by atoms with Crippen LogP contribution in [0.2, 0.25) is 0 Å². The van der Waals surface area contributed by atoms with Crippen molar-refractivity contribution in [3.05, 3.63) is 102 Å². The summed E-state index contributed by atoms with van der Waals surface area (Å²) in [6.45, 7) is 1.83. The second-order valence-electron chi connectivity index (χ2n) is 11.4. The Morgan fingerprint density at radius 2 is 1.84 bits per heavy atom. The number of nitrogens with zero attached hydrogens (tertiary/aromatic N) is 4. The molecule has 2 N–H and O–H groups in total. The number of nitrogens with one attached hydrogen (secondary N) is 2. The van der Waals surface area contributed by atoms with Crippen molar-refractivity contribution in [3.63, 3.8) is 0 Å². The van der Waals surface area contributed by atoms with Crippen LogP contribution in [-0.4, -0.2) is 25.7 Å². The summed E-state index contributed by atoms with van der Waals surface area (Å²) in [6, 6.07) is 16.8. The average molecular weight is 583 g/mol. The monoisotopic (exact) mass is 582 g/mol. The van der Waals surface area contributed by atoms with Gasteiger partial charge in [-0.15, -0.1) is 0 Å². The van der Waals surface area contributed by atoms with E-state index in [-0.39, 0.29) is 5.56 Å². The van der Waals surface area contributed by atoms with Crippen LogP contribution < -0.4 is 10.6 Å². The zero-order valence-corrected chi connectivity index (χ0v) is 23.4. The van der Waals surface area contributed by atoms with Crippen LogP contribution in [0, 0.1) is 0 Å². The topological polar surface area (TPSA) is 84.7 Å². The quantitative estimate of drug-likeness (QED) is 0.194. The molecule has 7 rings (SSSR count). The Labute approximate surface area is 246 Å². The van der Waals surface area contributed by atoms with Crippen LogP contribution in [0.4, 0.5) is 24.8 Å². The van der Waals surface area contributed by atoms with Gasteiger partial charge in [0.15, 0.2) is 0 Å². The highest BCUT2D eigenvalue weighted by molar-refractivity contribution is 5.94. The molecule has 2 saturated carbocycles. The maximum Gasteiger partial charge on any atom is 0.416 e. The molecule has 5 aromatic rings. The molecule has 0 radical (unpaired) electrons. The molecular formula is C33H29F3N6O. The van der Waals surface area contributed by atoms with Crippen molar-refractivity contribution in [2.75, 3.05) is 5.32 Å². The number of benzene rings is 3. The van der Waals surface area contributed by atoms with E-state index in [4.69, 9.17) is 4.98 Å². The van der Waals surface area contributed by atoms with Crippen LogP contribution in [0.5, 0.6) is 0 Å². The zero-order valence-electron chi connectivity index (χ0n) is 23.4. The number of carbonyl (C=O) groups is 1. The molecule has 43 heavy (non-hydrogen) atoms. The summed E-state index contributed by atoms with van der Waals surface area (Å²) < 4.78 is 41.5. The van der Waals surface area contributed by atoms with E-state index in [2.05, 4.69) is 38.9 Å². The molecule has 2 aliphatic rings. The smallest absolute Gasteiger partial charge is 0.346 e. The van der Waals surface area contributed by atoms with Crippen molar-refractivity contribution in [2.24, 2.45) is 0 Å². The van der Waals surface area contributed by atoms with Crippen LogP contribution in [0.3, 0.4) is 0 Å². The first kappa shape index (κ1) is 27.1. The molecule has 2 aliphatic carbocycles. The number of carbonyl (C=O) groups excluding carboxylic acids is 1. The number of rotatable bonds is 8. The van der Waals surface area contributed by atoms with Crippen molar-refractivity contribution >= 4 is 28.4 Å². The molecule has 0 unspecified atom stereocenters. The molecule has 2 fully saturated rings. The fourth-order valence-electron chi connectivity index (χ4n) is 5.37. The van der Waals surface area contributed by atoms with Gasteiger partial charge in [0.25, 0.3) is 5.91 Å². The van der Waals surface area contributed by atoms with Crippen molar-refractivity contribution < 1.29 is 18.0 Å². The standard InChI is InChI=1S/C33H29F3N6O/c1-19(39-31(43)23-3-2-4-25(13-23)33(34,35)36)21-9-12-28(20-5-6-20)29(14-21)22-7-8-24-16-37-32(41-30(24)15-22)40-26-17-38-42(18-26)27-10-11-27/h2-4,7-9,12-20,27H,5-6,10-11H2,1H3,(H,39,43)(H,37,40,41)/t19-/m0/s1. The first-order chi connectivity index (χ1) is 20.7. The highest BCUT2D eigenvalue weighted by Crippen LogP contribution is 2.45. The molecule has 0 spiro atoms. The zero-order chi connectivity index (χ0) is 29.7. The summed E-state index contributed by atoms with van der Waals surface area (Å²) in [5.74, 6) is 0.402. The molecule has 218 valence electrons. The minimum Gasteiger partial charge on any atom is -0.346 e. The Morgan fingerprint density at radius 1 is 1.00 bits per heavy atom. The number of hydrogen-bond acceptors (Lipinski definition) is 5. The van der Waals surface area contributed by atoms with Gasteiger partial charge in [0.05, 0.1) is 35.0 Å². The first-order valence-electron chi connectivity index (χ1n) is 14.4. The lowest BCUT2D eigenvalue weighted by atomic mass is 9.92. The molecule has 0 aliphatic heterocycles. The van der Waals surface area contributed by atoms with Gasteiger partial charge in [0, 0.05) is 23.3 Å². The SMILES string of the molecule is C[C@H](NC(=O)c1cccc(C(F)(F)F)c1)c1ccc(C2CC2)c(-c2ccc3cnc(Nc4cnn(C5CC5)c4)nc3c2)c1. The molecule has 1 amide bonds. The Kier molecular flexibility index (Phi) is 6.64. The summed E-state index contributed by atoms with van der Waals surface area (Å²) >= 11 is 0. The summed E-state index contributed by atoms with van der Waals surface area (Å²) in [5.41, 5.74) is 4.90. The molecule has 7 nitrogen and oxygen atoms in total. The number of halogens is 3. The predicted octanol–water partition coefficient (Wildman–Crippen LogP) is 7.96. The van der Waals surface area contributed by atoms with Crippen LogP contribution in [0.15, 0.2) is 79.3 Å². The maximum absolute atomic E-state index is 13.2. The summed E-state index contributed by atoms with van der Waals surface area (Å²) in [7, 11) is 0. The van der Waals surface area contributed by atoms with Gasteiger partial charge in [-0.05, 0) is 91.1 Å². The van der Waals surface area contributed by atoms with Crippen molar-refractivity contribution in [1.29, 1.82) is 0 Å². The van der Waals surface area contributed by atoms with Gasteiger partial charge in [0.1, 0.15) is 0 Å². The Bertz CT molecular complexity index is 1840. The Morgan fingerprint density at radius 3 is 2.60 bits per heavy atom. The van der Waals surface area contributed by atoms with Crippen LogP contribution in [-0.2, 0) is 6.18 Å². The number of aromatic nitrogens is 4. The Balaban J connectivity index is 1.15. The van der Waals surface area contributed by atoms with Crippen LogP contribution >= 0.6 is 0 Å². The molecule has 2 heterocycles. The van der Waals surface area contributed by atoms with Gasteiger partial charge in [-0.2, -0.15) is 18.3 Å². The van der Waals surface area contributed by atoms with Crippen LogP contribution in [0.1, 0.15) is 77.7 Å². The van der Waals surface area contributed by atoms with E-state index in [0.717, 1.165) is 71.1 Å². The number of anilines is 2. The van der Waals surface area contributed by atoms with Gasteiger partial charge >= 0.3 is 6.18 Å². The lowest BCUT2D eigenvalue weighted by Gasteiger charge is -2.18. The molecule has 0 saturated heterocycles. The minimum atomic E-state index is -4.52. The van der Waals surface area contributed by atoms with E-state index in [9.17, 15) is 18.0 Å². The largest absolute Gasteiger partial charge is 0.416 e. The van der Waals surface area contributed by atoms with E-state index >= 15 is 0 Å². The van der Waals surface area contributed by atoms with Crippen LogP contribution in [0.25, 0.3) is 22.0 Å². The normalized spacial score (nSPS) is 15.8. The molecular weight excluding hydrogens is 553 g/mol. The highest BCUT2D eigenvalue weighted by atomic mass is 19.4. The van der Waals surface area contributed by atoms with Crippen molar-refractivity contribution in [2.45, 2.75) is 56.8 Å². The predicted molar refractivity (Wildman–Crippen MR) is 158 cm³/mol. The average Bonchev–Trinajstić information content (AvgIpc) is 3.95. The maximum atomic E-state index is 13.2. The second-order valence-corrected chi connectivity index (χ2v) is 11.4. The highest BCUT2D eigenvalue weighted by Gasteiger charge is 2.31. The number of alkyl halides is 3. The molecule has 2 aromatic heterocycles. The van der Waals surface area contributed by atoms with Gasteiger partial charge in [-0.3, -0.25) is 9.48 Å². The van der Waals surface area contributed by atoms with E-state index in [1.54, 1.807) is 12.4 Å². The molecule has 1 atom stereocenters. The lowest BCUT2D eigenvalue weighted by Crippen LogP contribution is -2.27. The fourth-order valence-corrected chi connectivity index (χ4v) is 5.37. The van der Waals surface area contributed by atoms with Gasteiger partial charge in [0.2, 0.25) is 5.95 Å². The Hall–Kier alpha value is -4.73. The third kappa shape index (κ3) is 5.82. The number of hydrogen-bond donors (Lipinski definition) is 2. The molecule has 3 aromatic carbocycles. The molecule has 0 bridgehead atoms. The van der Waals surface area contributed by atoms with Gasteiger partial charge in [-0.25, -0.2) is 9.97 Å². The lowest BCUT2D eigenvalue weighted by molar-refractivity contribution is -0.137. The molecule has 10 heteroatoms. The van der Waals surface area contributed by atoms with E-state index in [0.29, 0.717) is 17.9 Å². The van der Waals surface area contributed by atoms with Crippen molar-refractivity contribution in [1.82, 2.24) is 25.1 Å². The first-order valence-corrected chi connectivity index (χ1v) is 14.4. The number of fused-ring (bicyclic) bond motifs is 1. The summed E-state index contributed by atoms with van der Waals surface area (Å²) in [5, 5.41) is 11.5. The second kappa shape index (κ2) is 10.5. The summed E-state index contributed by atoms with van der Waals surface area (Å²) in [4.78, 5) is 22.1. The number of amides is 1. The fraction of sp³-hybridized carbons (Fsp3) is 0.273. The van der Waals surface area contributed by atoms with E-state index < -0.39 is 23.7 Å².